The van der Waals surface area contributed by atoms with Crippen molar-refractivity contribution in [3.8, 4) is 0 Å². The number of rotatable bonds is 10. The van der Waals surface area contributed by atoms with Crippen LogP contribution in [0.1, 0.15) is 37.1 Å². The van der Waals surface area contributed by atoms with Gasteiger partial charge in [-0.15, -0.1) is 23.5 Å². The highest BCUT2D eigenvalue weighted by molar-refractivity contribution is 8.12. The van der Waals surface area contributed by atoms with E-state index in [1.54, 1.807) is 0 Å². The van der Waals surface area contributed by atoms with Crippen LogP contribution in [0.2, 0.25) is 0 Å². The predicted molar refractivity (Wildman–Crippen MR) is 129 cm³/mol. The van der Waals surface area contributed by atoms with Crippen LogP contribution in [0.25, 0.3) is 0 Å². The van der Waals surface area contributed by atoms with Crippen LogP contribution >= 0.6 is 85.8 Å². The first kappa shape index (κ1) is 38.2. The van der Waals surface area contributed by atoms with Gasteiger partial charge in [0.15, 0.2) is 0 Å². The van der Waals surface area contributed by atoms with Crippen molar-refractivity contribution in [1.82, 2.24) is 0 Å². The Labute approximate surface area is 165 Å². The summed E-state index contributed by atoms with van der Waals surface area (Å²) in [5.74, 6) is 4.19. The highest BCUT2D eigenvalue weighted by Gasteiger charge is 2.10. The van der Waals surface area contributed by atoms with E-state index in [0.29, 0.717) is 10.5 Å². The highest BCUT2D eigenvalue weighted by atomic mass is 32.2. The van der Waals surface area contributed by atoms with E-state index in [0.717, 1.165) is 33.2 Å². The maximum absolute atomic E-state index is 4.34. The van der Waals surface area contributed by atoms with Crippen LogP contribution in [0.4, 0.5) is 0 Å². The van der Waals surface area contributed by atoms with Crippen LogP contribution in [-0.2, 0) is 0 Å². The second-order valence-electron chi connectivity index (χ2n) is 2.74. The Balaban J connectivity index is -0.0000000980. The summed E-state index contributed by atoms with van der Waals surface area (Å²) in [6.45, 7) is 0. The molecule has 0 aliphatic rings. The van der Waals surface area contributed by atoms with Gasteiger partial charge < -0.3 is 0 Å². The van der Waals surface area contributed by atoms with Gasteiger partial charge >= 0.3 is 0 Å². The largest absolute Gasteiger partial charge is 0.178 e. The molecular formula is C13H38S7. The second-order valence-corrected chi connectivity index (χ2v) is 8.61. The van der Waals surface area contributed by atoms with Gasteiger partial charge in [0.2, 0.25) is 0 Å². The fourth-order valence-corrected chi connectivity index (χ4v) is 6.23. The molecule has 0 bridgehead atoms. The zero-order valence-electron chi connectivity index (χ0n) is 8.41. The maximum atomic E-state index is 4.34. The highest BCUT2D eigenvalue weighted by Crippen LogP contribution is 2.23. The quantitative estimate of drug-likeness (QED) is 0.229. The minimum Gasteiger partial charge on any atom is -0.178 e. The van der Waals surface area contributed by atoms with Crippen LogP contribution in [0.3, 0.4) is 0 Å². The average Bonchev–Trinajstić information content (AvgIpc) is 2.26. The molecule has 0 saturated carbocycles. The molecule has 0 saturated heterocycles. The molecule has 0 fully saturated rings. The Hall–Kier alpha value is 2.45. The summed E-state index contributed by atoms with van der Waals surface area (Å²) in [6.07, 6.45) is 0. The fourth-order valence-electron chi connectivity index (χ4n) is 0.849. The van der Waals surface area contributed by atoms with Gasteiger partial charge in [-0.25, -0.2) is 0 Å². The van der Waals surface area contributed by atoms with Crippen molar-refractivity contribution in [3.05, 3.63) is 0 Å². The Kier molecular flexibility index (Phi) is 56.2. The van der Waals surface area contributed by atoms with Gasteiger partial charge in [0.25, 0.3) is 0 Å². The minimum atomic E-state index is 0. The lowest BCUT2D eigenvalue weighted by Crippen LogP contribution is -2.13. The van der Waals surface area contributed by atoms with Crippen LogP contribution in [0.15, 0.2) is 0 Å². The maximum Gasteiger partial charge on any atom is 0.0365 e. The van der Waals surface area contributed by atoms with E-state index in [9.17, 15) is 0 Å². The topological polar surface area (TPSA) is 0 Å². The van der Waals surface area contributed by atoms with E-state index in [1.165, 1.54) is 0 Å². The summed E-state index contributed by atoms with van der Waals surface area (Å²) >= 11 is 22.9. The third-order valence-electron chi connectivity index (χ3n) is 1.64. The van der Waals surface area contributed by atoms with Crippen molar-refractivity contribution in [1.29, 1.82) is 0 Å². The van der Waals surface area contributed by atoms with Crippen molar-refractivity contribution in [2.75, 3.05) is 33.2 Å². The first-order valence-electron chi connectivity index (χ1n) is 4.52. The molecule has 0 nitrogen and oxygen atoms in total. The molecular weight excluding hydrogens is 381 g/mol. The zero-order chi connectivity index (χ0) is 11.5. The monoisotopic (exact) mass is 418 g/mol. The lowest BCUT2D eigenvalue weighted by Gasteiger charge is -2.15. The average molecular weight is 419 g/mol. The first-order chi connectivity index (χ1) is 7.28. The summed E-state index contributed by atoms with van der Waals surface area (Å²) in [5, 5.41) is 3.01. The van der Waals surface area contributed by atoms with Gasteiger partial charge in [-0.2, -0.15) is 62.3 Å². The lowest BCUT2D eigenvalue weighted by molar-refractivity contribution is 1.12. The molecule has 0 N–H and O–H groups in total. The molecule has 0 aliphatic heterocycles. The third-order valence-corrected chi connectivity index (χ3v) is 7.51. The van der Waals surface area contributed by atoms with Gasteiger partial charge in [-0.3, -0.25) is 0 Å². The molecule has 0 aromatic rings. The Morgan fingerprint density at radius 3 is 1.10 bits per heavy atom. The molecule has 2 unspecified atom stereocenters. The SMILES string of the molecule is C.C.C.C.C.SCSC(CS)CSCC(CS)SCS. The number of thiol groups is 4. The number of thioether (sulfide) groups is 3. The lowest BCUT2D eigenvalue weighted by atomic mass is 10.5. The Morgan fingerprint density at radius 2 is 0.900 bits per heavy atom. The molecule has 0 aromatic heterocycles. The van der Waals surface area contributed by atoms with Gasteiger partial charge in [0.1, 0.15) is 0 Å². The van der Waals surface area contributed by atoms with Crippen molar-refractivity contribution < 1.29 is 0 Å². The molecule has 20 heavy (non-hydrogen) atoms. The molecule has 0 amide bonds. The van der Waals surface area contributed by atoms with Gasteiger partial charge in [0, 0.05) is 43.7 Å². The molecule has 2 atom stereocenters. The summed E-state index contributed by atoms with van der Waals surface area (Å²) in [7, 11) is 0. The van der Waals surface area contributed by atoms with E-state index >= 15 is 0 Å². The smallest absolute Gasteiger partial charge is 0.0365 e. The Morgan fingerprint density at radius 1 is 0.600 bits per heavy atom. The van der Waals surface area contributed by atoms with E-state index in [-0.39, 0.29) is 37.1 Å². The molecule has 0 rings (SSSR count). The predicted octanol–water partition coefficient (Wildman–Crippen LogP) is 6.74. The minimum absolute atomic E-state index is 0. The van der Waals surface area contributed by atoms with Crippen molar-refractivity contribution in [2.45, 2.75) is 47.6 Å². The molecule has 0 heterocycles. The van der Waals surface area contributed by atoms with Gasteiger partial charge in [-0.1, -0.05) is 37.1 Å². The van der Waals surface area contributed by atoms with Crippen molar-refractivity contribution >= 4 is 85.8 Å². The van der Waals surface area contributed by atoms with Crippen LogP contribution in [0, 0.1) is 0 Å². The van der Waals surface area contributed by atoms with Crippen LogP contribution < -0.4 is 0 Å². The van der Waals surface area contributed by atoms with Crippen LogP contribution in [0.5, 0.6) is 0 Å². The van der Waals surface area contributed by atoms with E-state index in [1.807, 2.05) is 35.3 Å². The first-order valence-corrected chi connectivity index (χ1v) is 10.3. The molecule has 132 valence electrons. The Bertz CT molecular complexity index is 122. The molecule has 7 heteroatoms. The molecule has 0 aromatic carbocycles. The van der Waals surface area contributed by atoms with Crippen LogP contribution in [-0.4, -0.2) is 43.7 Å². The van der Waals surface area contributed by atoms with E-state index in [2.05, 4.69) is 50.5 Å². The molecule has 0 aliphatic carbocycles. The van der Waals surface area contributed by atoms with Crippen molar-refractivity contribution in [3.63, 3.8) is 0 Å². The normalized spacial score (nSPS) is 11.4. The standard InChI is InChI=1S/C8H18S7.5CH4/c9-1-7(14-5-11)3-13-4-8(2-10)15-6-12;;;;;/h7-12H,1-6H2;5*1H4. The summed E-state index contributed by atoms with van der Waals surface area (Å²) in [5.41, 5.74) is 0. The third kappa shape index (κ3) is 22.7. The van der Waals surface area contributed by atoms with E-state index in [4.69, 9.17) is 0 Å². The second kappa shape index (κ2) is 29.5. The summed E-state index contributed by atoms with van der Waals surface area (Å²) < 4.78 is 0. The number of hydrogen-bond donors (Lipinski definition) is 4. The van der Waals surface area contributed by atoms with Gasteiger partial charge in [-0.05, 0) is 0 Å². The van der Waals surface area contributed by atoms with Gasteiger partial charge in [0.05, 0.1) is 0 Å². The van der Waals surface area contributed by atoms with E-state index < -0.39 is 0 Å². The molecule has 0 radical (unpaired) electrons. The molecule has 0 spiro atoms. The summed E-state index contributed by atoms with van der Waals surface area (Å²) in [4.78, 5) is 0. The van der Waals surface area contributed by atoms with Crippen molar-refractivity contribution in [2.24, 2.45) is 0 Å². The number of hydrogen-bond acceptors (Lipinski definition) is 7. The zero-order valence-corrected chi connectivity index (χ0v) is 14.4. The summed E-state index contributed by atoms with van der Waals surface area (Å²) in [6, 6.07) is 0. The fraction of sp³-hybridized carbons (Fsp3) is 1.00.